The molecule has 124 valence electrons. The van der Waals surface area contributed by atoms with Crippen LogP contribution >= 0.6 is 0 Å². The minimum absolute atomic E-state index is 0.00931. The van der Waals surface area contributed by atoms with Crippen LogP contribution in [0.25, 0.3) is 10.9 Å². The van der Waals surface area contributed by atoms with E-state index in [4.69, 9.17) is 4.74 Å². The Morgan fingerprint density at radius 1 is 1.25 bits per heavy atom. The van der Waals surface area contributed by atoms with Gasteiger partial charge in [-0.25, -0.2) is 0 Å². The first-order valence-corrected chi connectivity index (χ1v) is 7.98. The summed E-state index contributed by atoms with van der Waals surface area (Å²) in [6.07, 6.45) is 2.24. The number of aryl methyl sites for hydroxylation is 2. The Morgan fingerprint density at radius 2 is 2.08 bits per heavy atom. The fourth-order valence-corrected chi connectivity index (χ4v) is 2.78. The summed E-state index contributed by atoms with van der Waals surface area (Å²) in [5, 5.41) is 8.43. The molecule has 0 bridgehead atoms. The average molecular weight is 323 g/mol. The topological polar surface area (TPSA) is 56.1 Å². The predicted octanol–water partition coefficient (Wildman–Crippen LogP) is 3.06. The van der Waals surface area contributed by atoms with Gasteiger partial charge in [0.1, 0.15) is 5.75 Å². The summed E-state index contributed by atoms with van der Waals surface area (Å²) in [4.78, 5) is 12.1. The maximum Gasteiger partial charge on any atom is 0.222 e. The van der Waals surface area contributed by atoms with Crippen molar-refractivity contribution in [1.29, 1.82) is 0 Å². The standard InChI is InChI=1S/C19H21N3O2/c1-14-5-3-7-16-13-21-22(19(14)16)10-9-18(23)20-12-15-6-4-8-17(11-15)24-2/h3-8,11,13H,9-10,12H2,1-2H3,(H,20,23). The first-order chi connectivity index (χ1) is 11.7. The van der Waals surface area contributed by atoms with Crippen LogP contribution in [0.2, 0.25) is 0 Å². The van der Waals surface area contributed by atoms with E-state index in [2.05, 4.69) is 23.4 Å². The van der Waals surface area contributed by atoms with Crippen LogP contribution in [0.4, 0.5) is 0 Å². The maximum absolute atomic E-state index is 12.1. The van der Waals surface area contributed by atoms with E-state index in [0.29, 0.717) is 19.5 Å². The van der Waals surface area contributed by atoms with E-state index in [1.807, 2.05) is 47.3 Å². The van der Waals surface area contributed by atoms with Crippen molar-refractivity contribution in [2.24, 2.45) is 0 Å². The third-order valence-electron chi connectivity index (χ3n) is 4.04. The van der Waals surface area contributed by atoms with Gasteiger partial charge < -0.3 is 10.1 Å². The molecule has 5 nitrogen and oxygen atoms in total. The smallest absolute Gasteiger partial charge is 0.222 e. The van der Waals surface area contributed by atoms with Crippen LogP contribution in [0.15, 0.2) is 48.7 Å². The third kappa shape index (κ3) is 3.56. The predicted molar refractivity (Wildman–Crippen MR) is 93.9 cm³/mol. The zero-order chi connectivity index (χ0) is 16.9. The van der Waals surface area contributed by atoms with Crippen LogP contribution in [0.3, 0.4) is 0 Å². The minimum atomic E-state index is 0.00931. The highest BCUT2D eigenvalue weighted by molar-refractivity contribution is 5.82. The van der Waals surface area contributed by atoms with Gasteiger partial charge in [0.25, 0.3) is 0 Å². The SMILES string of the molecule is COc1cccc(CNC(=O)CCn2ncc3cccc(C)c32)c1. The number of fused-ring (bicyclic) bond motifs is 1. The van der Waals surface area contributed by atoms with Crippen LogP contribution < -0.4 is 10.1 Å². The van der Waals surface area contributed by atoms with Crippen molar-refractivity contribution >= 4 is 16.8 Å². The first kappa shape index (κ1) is 16.1. The van der Waals surface area contributed by atoms with Gasteiger partial charge in [0.2, 0.25) is 5.91 Å². The monoisotopic (exact) mass is 323 g/mol. The second kappa shape index (κ2) is 7.17. The van der Waals surface area contributed by atoms with E-state index in [1.54, 1.807) is 7.11 Å². The summed E-state index contributed by atoms with van der Waals surface area (Å²) >= 11 is 0. The average Bonchev–Trinajstić information content (AvgIpc) is 3.03. The number of methoxy groups -OCH3 is 1. The van der Waals surface area contributed by atoms with Gasteiger partial charge >= 0.3 is 0 Å². The maximum atomic E-state index is 12.1. The number of carbonyl (C=O) groups is 1. The van der Waals surface area contributed by atoms with Crippen molar-refractivity contribution in [1.82, 2.24) is 15.1 Å². The highest BCUT2D eigenvalue weighted by atomic mass is 16.5. The lowest BCUT2D eigenvalue weighted by Gasteiger charge is -2.08. The number of nitrogens with one attached hydrogen (secondary N) is 1. The molecular formula is C19H21N3O2. The van der Waals surface area contributed by atoms with E-state index in [-0.39, 0.29) is 5.91 Å². The molecule has 0 aliphatic heterocycles. The Kier molecular flexibility index (Phi) is 4.79. The van der Waals surface area contributed by atoms with E-state index in [1.165, 1.54) is 5.56 Å². The van der Waals surface area contributed by atoms with Gasteiger partial charge in [-0.3, -0.25) is 9.48 Å². The fraction of sp³-hybridized carbons (Fsp3) is 0.263. The molecule has 0 spiro atoms. The van der Waals surface area contributed by atoms with Crippen LogP contribution in [0, 0.1) is 6.92 Å². The highest BCUT2D eigenvalue weighted by Crippen LogP contribution is 2.18. The zero-order valence-electron chi connectivity index (χ0n) is 14.0. The number of rotatable bonds is 6. The van der Waals surface area contributed by atoms with E-state index < -0.39 is 0 Å². The van der Waals surface area contributed by atoms with E-state index >= 15 is 0 Å². The van der Waals surface area contributed by atoms with Crippen LogP contribution in [0.1, 0.15) is 17.5 Å². The molecule has 0 unspecified atom stereocenters. The molecule has 3 aromatic rings. The number of aromatic nitrogens is 2. The van der Waals surface area contributed by atoms with Gasteiger partial charge in [-0.15, -0.1) is 0 Å². The lowest BCUT2D eigenvalue weighted by Crippen LogP contribution is -2.24. The van der Waals surface area contributed by atoms with Crippen molar-refractivity contribution in [2.45, 2.75) is 26.4 Å². The third-order valence-corrected chi connectivity index (χ3v) is 4.04. The molecule has 5 heteroatoms. The number of hydrogen-bond acceptors (Lipinski definition) is 3. The Balaban J connectivity index is 1.57. The zero-order valence-corrected chi connectivity index (χ0v) is 14.0. The second-order valence-electron chi connectivity index (χ2n) is 5.76. The molecule has 0 fully saturated rings. The van der Waals surface area contributed by atoms with Crippen molar-refractivity contribution in [2.75, 3.05) is 7.11 Å². The van der Waals surface area contributed by atoms with Crippen molar-refractivity contribution in [3.63, 3.8) is 0 Å². The summed E-state index contributed by atoms with van der Waals surface area (Å²) in [7, 11) is 1.63. The number of para-hydroxylation sites is 1. The lowest BCUT2D eigenvalue weighted by molar-refractivity contribution is -0.121. The second-order valence-corrected chi connectivity index (χ2v) is 5.76. The Labute approximate surface area is 141 Å². The van der Waals surface area contributed by atoms with E-state index in [9.17, 15) is 4.79 Å². The lowest BCUT2D eigenvalue weighted by atomic mass is 10.2. The van der Waals surface area contributed by atoms with Gasteiger partial charge in [-0.1, -0.05) is 30.3 Å². The molecule has 3 rings (SSSR count). The molecule has 1 aromatic heterocycles. The summed E-state index contributed by atoms with van der Waals surface area (Å²) in [5.41, 5.74) is 3.28. The summed E-state index contributed by atoms with van der Waals surface area (Å²) < 4.78 is 7.08. The van der Waals surface area contributed by atoms with Crippen LogP contribution in [-0.2, 0) is 17.9 Å². The van der Waals surface area contributed by atoms with Crippen molar-refractivity contribution in [3.8, 4) is 5.75 Å². The van der Waals surface area contributed by atoms with Crippen molar-refractivity contribution in [3.05, 3.63) is 59.8 Å². The number of carbonyl (C=O) groups excluding carboxylic acids is 1. The molecule has 0 saturated heterocycles. The van der Waals surface area contributed by atoms with Gasteiger partial charge in [-0.2, -0.15) is 5.10 Å². The number of hydrogen-bond donors (Lipinski definition) is 1. The number of amides is 1. The molecule has 1 amide bonds. The molecule has 24 heavy (non-hydrogen) atoms. The molecule has 0 aliphatic rings. The first-order valence-electron chi connectivity index (χ1n) is 7.98. The Hall–Kier alpha value is -2.82. The van der Waals surface area contributed by atoms with Crippen LogP contribution in [-0.4, -0.2) is 22.8 Å². The number of benzene rings is 2. The van der Waals surface area contributed by atoms with Gasteiger partial charge in [-0.05, 0) is 30.2 Å². The molecule has 0 saturated carbocycles. The Morgan fingerprint density at radius 3 is 2.92 bits per heavy atom. The molecule has 0 atom stereocenters. The number of ether oxygens (including phenoxy) is 1. The molecule has 0 aliphatic carbocycles. The summed E-state index contributed by atoms with van der Waals surface area (Å²) in [6, 6.07) is 13.8. The molecule has 1 N–H and O–H groups in total. The molecule has 1 heterocycles. The number of nitrogens with zero attached hydrogens (tertiary/aromatic N) is 2. The quantitative estimate of drug-likeness (QED) is 0.758. The van der Waals surface area contributed by atoms with E-state index in [0.717, 1.165) is 22.2 Å². The summed E-state index contributed by atoms with van der Waals surface area (Å²) in [6.45, 7) is 3.12. The minimum Gasteiger partial charge on any atom is -0.497 e. The van der Waals surface area contributed by atoms with Gasteiger partial charge in [0.05, 0.1) is 25.4 Å². The molecular weight excluding hydrogens is 302 g/mol. The summed E-state index contributed by atoms with van der Waals surface area (Å²) in [5.74, 6) is 0.801. The van der Waals surface area contributed by atoms with Crippen LogP contribution in [0.5, 0.6) is 5.75 Å². The molecule has 0 radical (unpaired) electrons. The normalized spacial score (nSPS) is 10.8. The fourth-order valence-electron chi connectivity index (χ4n) is 2.78. The van der Waals surface area contributed by atoms with Crippen molar-refractivity contribution < 1.29 is 9.53 Å². The largest absolute Gasteiger partial charge is 0.497 e. The van der Waals surface area contributed by atoms with Gasteiger partial charge in [0, 0.05) is 18.4 Å². The highest BCUT2D eigenvalue weighted by Gasteiger charge is 2.08. The molecule has 2 aromatic carbocycles. The Bertz CT molecular complexity index is 855. The van der Waals surface area contributed by atoms with Gasteiger partial charge in [0.15, 0.2) is 0 Å².